The highest BCUT2D eigenvalue weighted by Gasteiger charge is 2.32. The van der Waals surface area contributed by atoms with Crippen LogP contribution in [0.2, 0.25) is 0 Å². The van der Waals surface area contributed by atoms with Crippen LogP contribution in [-0.4, -0.2) is 45.9 Å². The Kier molecular flexibility index (Phi) is 6.71. The molecule has 0 atom stereocenters. The van der Waals surface area contributed by atoms with Crippen molar-refractivity contribution in [2.24, 2.45) is 5.92 Å². The molecule has 2 aliphatic rings. The van der Waals surface area contributed by atoms with E-state index in [1.54, 1.807) is 20.3 Å². The summed E-state index contributed by atoms with van der Waals surface area (Å²) in [7, 11) is -0.373. The first-order valence-corrected chi connectivity index (χ1v) is 12.5. The minimum absolute atomic E-state index is 0.0469. The molecule has 7 nitrogen and oxygen atoms in total. The molecule has 1 saturated heterocycles. The fourth-order valence-corrected chi connectivity index (χ4v) is 6.06. The van der Waals surface area contributed by atoms with E-state index in [-0.39, 0.29) is 11.8 Å². The zero-order chi connectivity index (χ0) is 22.7. The Hall–Kier alpha value is -2.58. The maximum Gasteiger partial charge on any atom is 0.243 e. The summed E-state index contributed by atoms with van der Waals surface area (Å²) in [5.41, 5.74) is 3.32. The molecule has 1 N–H and O–H groups in total. The summed E-state index contributed by atoms with van der Waals surface area (Å²) in [5.74, 6) is 1.01. The van der Waals surface area contributed by atoms with E-state index in [0.717, 1.165) is 30.4 Å². The van der Waals surface area contributed by atoms with Crippen molar-refractivity contribution in [3.05, 3.63) is 53.1 Å². The van der Waals surface area contributed by atoms with Crippen molar-refractivity contribution in [1.82, 2.24) is 9.62 Å². The highest BCUT2D eigenvalue weighted by molar-refractivity contribution is 7.89. The molecule has 4 rings (SSSR count). The van der Waals surface area contributed by atoms with Crippen LogP contribution in [0.3, 0.4) is 0 Å². The summed E-state index contributed by atoms with van der Waals surface area (Å²) < 4.78 is 38.2. The first-order chi connectivity index (χ1) is 15.4. The van der Waals surface area contributed by atoms with E-state index < -0.39 is 10.0 Å². The molecule has 32 heavy (non-hydrogen) atoms. The van der Waals surface area contributed by atoms with Crippen molar-refractivity contribution in [1.29, 1.82) is 0 Å². The van der Waals surface area contributed by atoms with E-state index in [1.165, 1.54) is 9.87 Å². The van der Waals surface area contributed by atoms with E-state index in [9.17, 15) is 13.2 Å². The number of methoxy groups -OCH3 is 2. The molecule has 0 radical (unpaired) electrons. The summed E-state index contributed by atoms with van der Waals surface area (Å²) in [6, 6.07) is 11.0. The number of ether oxygens (including phenoxy) is 2. The van der Waals surface area contributed by atoms with Crippen LogP contribution in [0.1, 0.15) is 36.0 Å². The molecule has 1 aliphatic heterocycles. The number of hydrogen-bond donors (Lipinski definition) is 1. The molecule has 0 saturated carbocycles. The predicted octanol–water partition coefficient (Wildman–Crippen LogP) is 2.91. The van der Waals surface area contributed by atoms with Gasteiger partial charge in [0.05, 0.1) is 19.1 Å². The van der Waals surface area contributed by atoms with E-state index in [4.69, 9.17) is 9.47 Å². The maximum atomic E-state index is 13.1. The fraction of sp³-hybridized carbons (Fsp3) is 0.458. The van der Waals surface area contributed by atoms with Gasteiger partial charge < -0.3 is 14.8 Å². The largest absolute Gasteiger partial charge is 0.493 e. The number of fused-ring (bicyclic) bond motifs is 1. The lowest BCUT2D eigenvalue weighted by Crippen LogP contribution is -2.42. The number of carbonyl (C=O) groups is 1. The van der Waals surface area contributed by atoms with Crippen LogP contribution < -0.4 is 14.8 Å². The van der Waals surface area contributed by atoms with Crippen molar-refractivity contribution in [2.45, 2.75) is 43.5 Å². The van der Waals surface area contributed by atoms with Gasteiger partial charge in [0.15, 0.2) is 11.5 Å². The third-order valence-electron chi connectivity index (χ3n) is 6.45. The number of piperidine rings is 1. The molecule has 172 valence electrons. The van der Waals surface area contributed by atoms with Crippen molar-refractivity contribution in [2.75, 3.05) is 27.3 Å². The van der Waals surface area contributed by atoms with Crippen molar-refractivity contribution < 1.29 is 22.7 Å². The summed E-state index contributed by atoms with van der Waals surface area (Å²) in [6.07, 6.45) is 4.09. The second-order valence-electron chi connectivity index (χ2n) is 8.37. The van der Waals surface area contributed by atoms with Crippen LogP contribution >= 0.6 is 0 Å². The number of sulfonamides is 1. The van der Waals surface area contributed by atoms with Crippen LogP contribution in [0, 0.1) is 5.92 Å². The van der Waals surface area contributed by atoms with E-state index in [2.05, 4.69) is 5.32 Å². The third kappa shape index (κ3) is 4.61. The Morgan fingerprint density at radius 3 is 2.44 bits per heavy atom. The van der Waals surface area contributed by atoms with Crippen LogP contribution in [0.4, 0.5) is 0 Å². The first kappa shape index (κ1) is 22.6. The average Bonchev–Trinajstić information content (AvgIpc) is 3.30. The second kappa shape index (κ2) is 9.50. The van der Waals surface area contributed by atoms with Crippen LogP contribution in [0.25, 0.3) is 0 Å². The zero-order valence-corrected chi connectivity index (χ0v) is 19.4. The first-order valence-electron chi connectivity index (χ1n) is 11.0. The molecule has 0 unspecified atom stereocenters. The number of nitrogens with one attached hydrogen (secondary N) is 1. The topological polar surface area (TPSA) is 84.9 Å². The molecule has 1 amide bonds. The van der Waals surface area contributed by atoms with E-state index in [0.29, 0.717) is 48.9 Å². The smallest absolute Gasteiger partial charge is 0.243 e. The molecule has 8 heteroatoms. The molecule has 2 aromatic rings. The SMILES string of the molecule is COc1ccc(CNC(=O)C2CCN(S(=O)(=O)c3ccc4c(c3)CCC4)CC2)cc1OC. The Bertz CT molecular complexity index is 1090. The van der Waals surface area contributed by atoms with Gasteiger partial charge in [-0.2, -0.15) is 4.31 Å². The minimum Gasteiger partial charge on any atom is -0.493 e. The number of carbonyl (C=O) groups excluding carboxylic acids is 1. The van der Waals surface area contributed by atoms with Crippen LogP contribution in [0.5, 0.6) is 11.5 Å². The molecule has 1 heterocycles. The lowest BCUT2D eigenvalue weighted by atomic mass is 9.97. The van der Waals surface area contributed by atoms with Gasteiger partial charge in [-0.05, 0) is 73.1 Å². The summed E-state index contributed by atoms with van der Waals surface area (Å²) in [5, 5.41) is 2.97. The highest BCUT2D eigenvalue weighted by Crippen LogP contribution is 2.29. The monoisotopic (exact) mass is 458 g/mol. The zero-order valence-electron chi connectivity index (χ0n) is 18.6. The molecule has 0 aromatic heterocycles. The number of benzene rings is 2. The maximum absolute atomic E-state index is 13.1. The van der Waals surface area contributed by atoms with E-state index in [1.807, 2.05) is 30.3 Å². The Balaban J connectivity index is 1.32. The van der Waals surface area contributed by atoms with Crippen LogP contribution in [0.15, 0.2) is 41.3 Å². The van der Waals surface area contributed by atoms with Gasteiger partial charge in [-0.15, -0.1) is 0 Å². The summed E-state index contributed by atoms with van der Waals surface area (Å²) in [4.78, 5) is 13.0. The Morgan fingerprint density at radius 1 is 1.00 bits per heavy atom. The Labute approximate surface area is 189 Å². The molecular formula is C24H30N2O5S. The number of rotatable bonds is 7. The summed E-state index contributed by atoms with van der Waals surface area (Å²) in [6.45, 7) is 1.09. The van der Waals surface area contributed by atoms with Gasteiger partial charge in [0.2, 0.25) is 15.9 Å². The minimum atomic E-state index is -3.53. The van der Waals surface area contributed by atoms with Gasteiger partial charge in [-0.1, -0.05) is 12.1 Å². The van der Waals surface area contributed by atoms with Gasteiger partial charge in [0, 0.05) is 25.6 Å². The average molecular weight is 459 g/mol. The van der Waals surface area contributed by atoms with Gasteiger partial charge in [0.25, 0.3) is 0 Å². The molecule has 0 bridgehead atoms. The van der Waals surface area contributed by atoms with Crippen molar-refractivity contribution >= 4 is 15.9 Å². The number of nitrogens with zero attached hydrogens (tertiary/aromatic N) is 1. The fourth-order valence-electron chi connectivity index (χ4n) is 4.54. The predicted molar refractivity (Wildman–Crippen MR) is 121 cm³/mol. The van der Waals surface area contributed by atoms with Gasteiger partial charge in [-0.3, -0.25) is 4.79 Å². The lowest BCUT2D eigenvalue weighted by molar-refractivity contribution is -0.126. The lowest BCUT2D eigenvalue weighted by Gasteiger charge is -2.30. The molecule has 1 aliphatic carbocycles. The van der Waals surface area contributed by atoms with Crippen molar-refractivity contribution in [3.8, 4) is 11.5 Å². The van der Waals surface area contributed by atoms with Crippen molar-refractivity contribution in [3.63, 3.8) is 0 Å². The quantitative estimate of drug-likeness (QED) is 0.690. The molecule has 1 fully saturated rings. The molecule has 2 aromatic carbocycles. The molecule has 0 spiro atoms. The number of amides is 1. The second-order valence-corrected chi connectivity index (χ2v) is 10.3. The summed E-state index contributed by atoms with van der Waals surface area (Å²) >= 11 is 0. The normalized spacial score (nSPS) is 17.1. The van der Waals surface area contributed by atoms with Gasteiger partial charge in [0.1, 0.15) is 0 Å². The Morgan fingerprint density at radius 2 is 1.72 bits per heavy atom. The standard InChI is InChI=1S/C24H30N2O5S/c1-30-22-9-6-17(14-23(22)31-2)16-25-24(27)19-10-12-26(13-11-19)32(28,29)21-8-7-18-4-3-5-20(18)15-21/h6-9,14-15,19H,3-5,10-13,16H2,1-2H3,(H,25,27). The van der Waals surface area contributed by atoms with E-state index >= 15 is 0 Å². The van der Waals surface area contributed by atoms with Crippen LogP contribution in [-0.2, 0) is 34.2 Å². The number of hydrogen-bond acceptors (Lipinski definition) is 5. The van der Waals surface area contributed by atoms with Gasteiger partial charge >= 0.3 is 0 Å². The third-order valence-corrected chi connectivity index (χ3v) is 8.34. The van der Waals surface area contributed by atoms with Gasteiger partial charge in [-0.25, -0.2) is 8.42 Å². The highest BCUT2D eigenvalue weighted by atomic mass is 32.2. The number of aryl methyl sites for hydroxylation is 2. The molecular weight excluding hydrogens is 428 g/mol.